The Balaban J connectivity index is 2.13. The largest absolute Gasteiger partial charge is 0.508 e. The number of phenols is 1. The second-order valence-corrected chi connectivity index (χ2v) is 10.3. The molecule has 3 amide bonds. The van der Waals surface area contributed by atoms with E-state index >= 15 is 0 Å². The summed E-state index contributed by atoms with van der Waals surface area (Å²) in [4.78, 5) is 50.2. The third-order valence-corrected chi connectivity index (χ3v) is 7.14. The third kappa shape index (κ3) is 11.2. The molecule has 1 saturated carbocycles. The van der Waals surface area contributed by atoms with Crippen molar-refractivity contribution in [3.63, 3.8) is 0 Å². The number of hydrogen-bond acceptors (Lipinski definition) is 8. The summed E-state index contributed by atoms with van der Waals surface area (Å²) in [5.74, 6) is -1.26. The van der Waals surface area contributed by atoms with Gasteiger partial charge in [-0.2, -0.15) is 0 Å². The highest BCUT2D eigenvalue weighted by molar-refractivity contribution is 5.93. The lowest BCUT2D eigenvalue weighted by Crippen LogP contribution is -2.57. The van der Waals surface area contributed by atoms with Gasteiger partial charge in [-0.25, -0.2) is 0 Å². The minimum atomic E-state index is -0.991. The minimum Gasteiger partial charge on any atom is -0.508 e. The first-order valence-electron chi connectivity index (χ1n) is 13.9. The molecular formula is C27H44N6O6. The molecule has 1 aromatic rings. The Hall–Kier alpha value is -3.25. The van der Waals surface area contributed by atoms with Gasteiger partial charge in [0, 0.05) is 30.2 Å². The summed E-state index contributed by atoms with van der Waals surface area (Å²) in [6.45, 7) is 2.44. The summed E-state index contributed by atoms with van der Waals surface area (Å²) in [5, 5.41) is 29.2. The maximum Gasteiger partial charge on any atom is 0.243 e. The number of aromatic hydroxyl groups is 1. The highest BCUT2D eigenvalue weighted by atomic mass is 16.6. The van der Waals surface area contributed by atoms with Crippen LogP contribution in [0.2, 0.25) is 0 Å². The summed E-state index contributed by atoms with van der Waals surface area (Å²) in [6.07, 6.45) is 5.69. The Morgan fingerprint density at radius 3 is 2.21 bits per heavy atom. The van der Waals surface area contributed by atoms with Crippen molar-refractivity contribution < 1.29 is 24.4 Å². The van der Waals surface area contributed by atoms with E-state index in [1.807, 2.05) is 6.92 Å². The summed E-state index contributed by atoms with van der Waals surface area (Å²) >= 11 is 0. The van der Waals surface area contributed by atoms with Crippen molar-refractivity contribution in [1.29, 1.82) is 0 Å². The zero-order chi connectivity index (χ0) is 28.8. The molecule has 218 valence electrons. The molecule has 8 N–H and O–H groups in total. The van der Waals surface area contributed by atoms with E-state index < -0.39 is 36.0 Å². The second-order valence-electron chi connectivity index (χ2n) is 10.3. The van der Waals surface area contributed by atoms with Gasteiger partial charge >= 0.3 is 0 Å². The summed E-state index contributed by atoms with van der Waals surface area (Å²) in [5.41, 5.74) is 12.4. The molecular weight excluding hydrogens is 504 g/mol. The average Bonchev–Trinajstić information content (AvgIpc) is 2.92. The Bertz CT molecular complexity index is 935. The van der Waals surface area contributed by atoms with Crippen molar-refractivity contribution in [1.82, 2.24) is 16.0 Å². The van der Waals surface area contributed by atoms with Crippen LogP contribution in [-0.4, -0.2) is 64.5 Å². The number of carbonyl (C=O) groups is 3. The molecule has 0 aliphatic heterocycles. The van der Waals surface area contributed by atoms with Crippen molar-refractivity contribution in [3.8, 4) is 5.75 Å². The van der Waals surface area contributed by atoms with Gasteiger partial charge in [0.15, 0.2) is 0 Å². The number of nitrogens with zero attached hydrogens (tertiary/aromatic N) is 1. The van der Waals surface area contributed by atoms with Gasteiger partial charge in [-0.3, -0.25) is 24.5 Å². The van der Waals surface area contributed by atoms with Crippen LogP contribution in [0, 0.1) is 10.1 Å². The van der Waals surface area contributed by atoms with Gasteiger partial charge in [0.1, 0.15) is 17.8 Å². The van der Waals surface area contributed by atoms with Crippen LogP contribution in [0.4, 0.5) is 0 Å². The Morgan fingerprint density at radius 1 is 0.974 bits per heavy atom. The molecule has 1 aromatic carbocycles. The molecule has 12 heteroatoms. The molecule has 1 aliphatic rings. The van der Waals surface area contributed by atoms with Crippen LogP contribution in [0.25, 0.3) is 0 Å². The molecule has 0 bridgehead atoms. The lowest BCUT2D eigenvalue weighted by molar-refractivity contribution is -0.526. The average molecular weight is 549 g/mol. The summed E-state index contributed by atoms with van der Waals surface area (Å²) < 4.78 is 0. The molecule has 3 atom stereocenters. The van der Waals surface area contributed by atoms with E-state index in [2.05, 4.69) is 16.0 Å². The Morgan fingerprint density at radius 2 is 1.62 bits per heavy atom. The summed E-state index contributed by atoms with van der Waals surface area (Å²) in [7, 11) is 0. The van der Waals surface area contributed by atoms with E-state index in [9.17, 15) is 29.6 Å². The van der Waals surface area contributed by atoms with Crippen molar-refractivity contribution in [3.05, 3.63) is 39.9 Å². The van der Waals surface area contributed by atoms with Crippen LogP contribution in [0.5, 0.6) is 5.75 Å². The van der Waals surface area contributed by atoms with E-state index in [0.29, 0.717) is 63.5 Å². The third-order valence-electron chi connectivity index (χ3n) is 7.14. The molecule has 39 heavy (non-hydrogen) atoms. The SMILES string of the molecule is CCCC[C@H](N)C(=O)N[C@@H](Cc1ccc(O)cc1)C(=O)N[C@@H](CCCCN)C(=O)NC1CCC([N+](=O)[O-])CC1. The first kappa shape index (κ1) is 32.0. The maximum absolute atomic E-state index is 13.4. The van der Waals surface area contributed by atoms with Gasteiger partial charge in [-0.15, -0.1) is 0 Å². The number of nitrogens with one attached hydrogen (secondary N) is 3. The number of nitro groups is 1. The molecule has 0 heterocycles. The van der Waals surface area contributed by atoms with Crippen LogP contribution in [-0.2, 0) is 20.8 Å². The van der Waals surface area contributed by atoms with Crippen molar-refractivity contribution in [2.45, 2.75) is 108 Å². The molecule has 0 unspecified atom stereocenters. The molecule has 1 aliphatic carbocycles. The fourth-order valence-corrected chi connectivity index (χ4v) is 4.68. The number of hydrogen-bond donors (Lipinski definition) is 6. The van der Waals surface area contributed by atoms with E-state index in [1.54, 1.807) is 12.1 Å². The highest BCUT2D eigenvalue weighted by Crippen LogP contribution is 2.21. The number of phenolic OH excluding ortho intramolecular Hbond substituents is 1. The topological polar surface area (TPSA) is 203 Å². The van der Waals surface area contributed by atoms with Crippen LogP contribution < -0.4 is 27.4 Å². The molecule has 12 nitrogen and oxygen atoms in total. The van der Waals surface area contributed by atoms with E-state index in [0.717, 1.165) is 12.8 Å². The van der Waals surface area contributed by atoms with Crippen LogP contribution in [0.15, 0.2) is 24.3 Å². The quantitative estimate of drug-likeness (QED) is 0.101. The van der Waals surface area contributed by atoms with Gasteiger partial charge in [0.05, 0.1) is 6.04 Å². The smallest absolute Gasteiger partial charge is 0.243 e. The van der Waals surface area contributed by atoms with Crippen LogP contribution >= 0.6 is 0 Å². The Labute approximate surface area is 229 Å². The van der Waals surface area contributed by atoms with E-state index in [-0.39, 0.29) is 29.0 Å². The van der Waals surface area contributed by atoms with Gasteiger partial charge in [0.25, 0.3) is 0 Å². The fraction of sp³-hybridized carbons (Fsp3) is 0.667. The van der Waals surface area contributed by atoms with Crippen LogP contribution in [0.3, 0.4) is 0 Å². The predicted molar refractivity (Wildman–Crippen MR) is 147 cm³/mol. The van der Waals surface area contributed by atoms with Gasteiger partial charge in [-0.05, 0) is 62.8 Å². The minimum absolute atomic E-state index is 0.0780. The first-order chi connectivity index (χ1) is 18.6. The van der Waals surface area contributed by atoms with Gasteiger partial charge in [0.2, 0.25) is 23.8 Å². The zero-order valence-corrected chi connectivity index (χ0v) is 22.8. The normalized spacial score (nSPS) is 19.4. The number of amides is 3. The van der Waals surface area contributed by atoms with E-state index in [4.69, 9.17) is 11.5 Å². The number of unbranched alkanes of at least 4 members (excludes halogenated alkanes) is 2. The standard InChI is InChI=1S/C27H44N6O6/c1-2-3-6-22(29)25(35)32-24(17-18-8-14-21(34)15-9-18)27(37)31-23(7-4-5-16-28)26(36)30-19-10-12-20(13-11-19)33(38)39/h8-9,14-15,19-20,22-24,34H,2-7,10-13,16-17,28-29H2,1H3,(H,30,36)(H,31,37)(H,32,35)/t19?,20?,22-,23-,24-/m0/s1. The number of benzene rings is 1. The van der Waals surface area contributed by atoms with Crippen molar-refractivity contribution in [2.75, 3.05) is 6.54 Å². The first-order valence-corrected chi connectivity index (χ1v) is 13.9. The number of rotatable bonds is 16. The highest BCUT2D eigenvalue weighted by Gasteiger charge is 2.32. The monoisotopic (exact) mass is 548 g/mol. The van der Waals surface area contributed by atoms with E-state index in [1.165, 1.54) is 12.1 Å². The molecule has 0 radical (unpaired) electrons. The zero-order valence-electron chi connectivity index (χ0n) is 22.8. The number of carbonyl (C=O) groups excluding carboxylic acids is 3. The maximum atomic E-state index is 13.4. The molecule has 1 fully saturated rings. The summed E-state index contributed by atoms with van der Waals surface area (Å²) in [6, 6.07) is 2.90. The fourth-order valence-electron chi connectivity index (χ4n) is 4.68. The molecule has 0 spiro atoms. The van der Waals surface area contributed by atoms with Crippen molar-refractivity contribution >= 4 is 17.7 Å². The lowest BCUT2D eigenvalue weighted by Gasteiger charge is -2.28. The second kappa shape index (κ2) is 16.7. The van der Waals surface area contributed by atoms with Crippen LogP contribution in [0.1, 0.15) is 76.7 Å². The molecule has 0 aromatic heterocycles. The number of nitrogens with two attached hydrogens (primary N) is 2. The molecule has 0 saturated heterocycles. The molecule has 2 rings (SSSR count). The van der Waals surface area contributed by atoms with Gasteiger partial charge in [-0.1, -0.05) is 31.9 Å². The lowest BCUT2D eigenvalue weighted by atomic mass is 9.91. The van der Waals surface area contributed by atoms with Gasteiger partial charge < -0.3 is 32.5 Å². The van der Waals surface area contributed by atoms with Crippen molar-refractivity contribution in [2.24, 2.45) is 11.5 Å². The predicted octanol–water partition coefficient (Wildman–Crippen LogP) is 1.25. The Kier molecular flexibility index (Phi) is 13.7.